The summed E-state index contributed by atoms with van der Waals surface area (Å²) < 4.78 is 21.1. The summed E-state index contributed by atoms with van der Waals surface area (Å²) in [6.07, 6.45) is 1.54. The van der Waals surface area contributed by atoms with Crippen LogP contribution in [-0.2, 0) is 13.2 Å². The van der Waals surface area contributed by atoms with Crippen LogP contribution in [-0.4, -0.2) is 15.7 Å². The van der Waals surface area contributed by atoms with Crippen LogP contribution in [0.2, 0.25) is 10.0 Å². The van der Waals surface area contributed by atoms with Crippen molar-refractivity contribution in [3.8, 4) is 5.75 Å². The van der Waals surface area contributed by atoms with Crippen molar-refractivity contribution in [2.45, 2.75) is 20.1 Å². The van der Waals surface area contributed by atoms with E-state index in [1.54, 1.807) is 54.7 Å². The molecule has 4 rings (SSSR count). The van der Waals surface area contributed by atoms with E-state index < -0.39 is 0 Å². The maximum Gasteiger partial charge on any atom is 0.256 e. The second-order valence-corrected chi connectivity index (χ2v) is 8.30. The van der Waals surface area contributed by atoms with Gasteiger partial charge in [0.15, 0.2) is 5.82 Å². The SMILES string of the molecule is Cc1ccc(Cl)c(OCc2ccc(C(=O)Nc3nn(Cc4ccccc4F)cc3Cl)cc2)c1. The summed E-state index contributed by atoms with van der Waals surface area (Å²) in [6, 6.07) is 19.0. The zero-order valence-corrected chi connectivity index (χ0v) is 19.2. The quantitative estimate of drug-likeness (QED) is 0.325. The molecule has 1 aromatic heterocycles. The van der Waals surface area contributed by atoms with E-state index in [1.165, 1.54) is 10.7 Å². The number of hydrogen-bond acceptors (Lipinski definition) is 3. The Morgan fingerprint density at radius 2 is 1.82 bits per heavy atom. The number of ether oxygens (including phenoxy) is 1. The fraction of sp³-hybridized carbons (Fsp3) is 0.120. The highest BCUT2D eigenvalue weighted by Crippen LogP contribution is 2.26. The summed E-state index contributed by atoms with van der Waals surface area (Å²) in [5, 5.41) is 7.76. The van der Waals surface area contributed by atoms with Gasteiger partial charge >= 0.3 is 0 Å². The van der Waals surface area contributed by atoms with Crippen molar-refractivity contribution >= 4 is 34.9 Å². The number of halogens is 3. The van der Waals surface area contributed by atoms with Crippen molar-refractivity contribution < 1.29 is 13.9 Å². The summed E-state index contributed by atoms with van der Waals surface area (Å²) >= 11 is 12.4. The third-order valence-corrected chi connectivity index (χ3v) is 5.53. The summed E-state index contributed by atoms with van der Waals surface area (Å²) in [5.74, 6) is 0.129. The molecule has 0 bridgehead atoms. The van der Waals surface area contributed by atoms with E-state index in [2.05, 4.69) is 10.4 Å². The van der Waals surface area contributed by atoms with Gasteiger partial charge in [0.1, 0.15) is 23.2 Å². The van der Waals surface area contributed by atoms with E-state index in [0.29, 0.717) is 28.5 Å². The molecular formula is C25H20Cl2FN3O2. The lowest BCUT2D eigenvalue weighted by atomic mass is 10.1. The minimum atomic E-state index is -0.359. The van der Waals surface area contributed by atoms with Crippen molar-refractivity contribution in [1.82, 2.24) is 9.78 Å². The lowest BCUT2D eigenvalue weighted by molar-refractivity contribution is 0.102. The highest BCUT2D eigenvalue weighted by Gasteiger charge is 2.14. The third-order valence-electron chi connectivity index (χ3n) is 4.94. The Bertz CT molecular complexity index is 1290. The summed E-state index contributed by atoms with van der Waals surface area (Å²) in [4.78, 5) is 12.6. The van der Waals surface area contributed by atoms with Gasteiger partial charge in [0.05, 0.1) is 11.6 Å². The molecule has 8 heteroatoms. The van der Waals surface area contributed by atoms with Crippen LogP contribution >= 0.6 is 23.2 Å². The maximum absolute atomic E-state index is 13.9. The first-order valence-electron chi connectivity index (χ1n) is 10.1. The first-order valence-corrected chi connectivity index (χ1v) is 10.9. The van der Waals surface area contributed by atoms with Crippen LogP contribution in [0.1, 0.15) is 27.0 Å². The number of benzene rings is 3. The molecule has 1 amide bonds. The molecule has 0 aliphatic rings. The van der Waals surface area contributed by atoms with Crippen LogP contribution in [0.5, 0.6) is 5.75 Å². The number of anilines is 1. The van der Waals surface area contributed by atoms with Gasteiger partial charge in [-0.25, -0.2) is 4.39 Å². The maximum atomic E-state index is 13.9. The fourth-order valence-corrected chi connectivity index (χ4v) is 3.55. The molecule has 1 N–H and O–H groups in total. The van der Waals surface area contributed by atoms with Crippen LogP contribution in [0.3, 0.4) is 0 Å². The fourth-order valence-electron chi connectivity index (χ4n) is 3.18. The number of rotatable bonds is 7. The number of aryl methyl sites for hydroxylation is 1. The molecule has 168 valence electrons. The topological polar surface area (TPSA) is 56.1 Å². The Kier molecular flexibility index (Phi) is 6.96. The van der Waals surface area contributed by atoms with Gasteiger partial charge in [-0.15, -0.1) is 0 Å². The molecule has 0 fully saturated rings. The third kappa shape index (κ3) is 5.72. The Morgan fingerprint density at radius 3 is 2.58 bits per heavy atom. The van der Waals surface area contributed by atoms with E-state index in [9.17, 15) is 9.18 Å². The lowest BCUT2D eigenvalue weighted by Crippen LogP contribution is -2.13. The van der Waals surface area contributed by atoms with Crippen LogP contribution in [0, 0.1) is 12.7 Å². The number of hydrogen-bond donors (Lipinski definition) is 1. The zero-order chi connectivity index (χ0) is 23.4. The van der Waals surface area contributed by atoms with E-state index in [-0.39, 0.29) is 29.1 Å². The number of nitrogens with zero attached hydrogens (tertiary/aromatic N) is 2. The van der Waals surface area contributed by atoms with Gasteiger partial charge < -0.3 is 10.1 Å². The summed E-state index contributed by atoms with van der Waals surface area (Å²) in [6.45, 7) is 2.48. The monoisotopic (exact) mass is 483 g/mol. The molecule has 3 aromatic carbocycles. The minimum Gasteiger partial charge on any atom is -0.487 e. The number of carbonyl (C=O) groups is 1. The molecule has 1 heterocycles. The van der Waals surface area contributed by atoms with Gasteiger partial charge in [-0.05, 0) is 48.4 Å². The van der Waals surface area contributed by atoms with Crippen molar-refractivity contribution in [3.05, 3.63) is 111 Å². The van der Waals surface area contributed by atoms with Crippen LogP contribution in [0.4, 0.5) is 10.2 Å². The van der Waals surface area contributed by atoms with Gasteiger partial charge in [-0.1, -0.05) is 59.6 Å². The molecule has 0 atom stereocenters. The highest BCUT2D eigenvalue weighted by atomic mass is 35.5. The van der Waals surface area contributed by atoms with Gasteiger partial charge in [0.25, 0.3) is 5.91 Å². The van der Waals surface area contributed by atoms with Gasteiger partial charge in [-0.3, -0.25) is 9.48 Å². The first kappa shape index (κ1) is 22.8. The Hall–Kier alpha value is -3.35. The standard InChI is InChI=1S/C25H20Cl2FN3O2/c1-16-6-11-20(26)23(12-16)33-15-17-7-9-18(10-8-17)25(32)29-24-21(27)14-31(30-24)13-19-4-2-3-5-22(19)28/h2-12,14H,13,15H2,1H3,(H,29,30,32). The van der Waals surface area contributed by atoms with Gasteiger partial charge in [0.2, 0.25) is 0 Å². The van der Waals surface area contributed by atoms with Crippen LogP contribution < -0.4 is 10.1 Å². The second kappa shape index (κ2) is 10.1. The Morgan fingerprint density at radius 1 is 1.06 bits per heavy atom. The van der Waals surface area contributed by atoms with Crippen molar-refractivity contribution in [2.75, 3.05) is 5.32 Å². The Labute approximate surface area is 200 Å². The predicted molar refractivity (Wildman–Crippen MR) is 128 cm³/mol. The zero-order valence-electron chi connectivity index (χ0n) is 17.7. The van der Waals surface area contributed by atoms with Crippen molar-refractivity contribution in [3.63, 3.8) is 0 Å². The molecule has 0 unspecified atom stereocenters. The van der Waals surface area contributed by atoms with Crippen LogP contribution in [0.25, 0.3) is 0 Å². The molecule has 0 aliphatic carbocycles. The largest absolute Gasteiger partial charge is 0.487 e. The number of carbonyl (C=O) groups excluding carboxylic acids is 1. The second-order valence-electron chi connectivity index (χ2n) is 7.49. The van der Waals surface area contributed by atoms with E-state index in [1.807, 2.05) is 19.1 Å². The normalized spacial score (nSPS) is 10.8. The van der Waals surface area contributed by atoms with Crippen molar-refractivity contribution in [1.29, 1.82) is 0 Å². The molecule has 5 nitrogen and oxygen atoms in total. The first-order chi connectivity index (χ1) is 15.9. The van der Waals surface area contributed by atoms with Crippen molar-refractivity contribution in [2.24, 2.45) is 0 Å². The minimum absolute atomic E-state index is 0.196. The molecule has 0 saturated heterocycles. The number of amides is 1. The van der Waals surface area contributed by atoms with Crippen LogP contribution in [0.15, 0.2) is 72.9 Å². The van der Waals surface area contributed by atoms with Gasteiger partial charge in [-0.2, -0.15) is 5.10 Å². The van der Waals surface area contributed by atoms with E-state index in [4.69, 9.17) is 27.9 Å². The average Bonchev–Trinajstić information content (AvgIpc) is 3.14. The highest BCUT2D eigenvalue weighted by molar-refractivity contribution is 6.33. The number of nitrogens with one attached hydrogen (secondary N) is 1. The smallest absolute Gasteiger partial charge is 0.256 e. The molecule has 0 saturated carbocycles. The molecule has 4 aromatic rings. The molecular weight excluding hydrogens is 464 g/mol. The predicted octanol–water partition coefficient (Wildman–Crippen LogP) is 6.52. The Balaban J connectivity index is 1.38. The molecule has 0 aliphatic heterocycles. The number of aromatic nitrogens is 2. The van der Waals surface area contributed by atoms with Gasteiger partial charge in [0, 0.05) is 17.3 Å². The molecule has 33 heavy (non-hydrogen) atoms. The van der Waals surface area contributed by atoms with E-state index >= 15 is 0 Å². The molecule has 0 spiro atoms. The lowest BCUT2D eigenvalue weighted by Gasteiger charge is -2.09. The molecule has 0 radical (unpaired) electrons. The average molecular weight is 484 g/mol. The summed E-state index contributed by atoms with van der Waals surface area (Å²) in [7, 11) is 0. The summed E-state index contributed by atoms with van der Waals surface area (Å²) in [5.41, 5.74) is 2.85. The van der Waals surface area contributed by atoms with E-state index in [0.717, 1.165) is 11.1 Å².